The van der Waals surface area contributed by atoms with Crippen molar-refractivity contribution in [1.82, 2.24) is 9.97 Å². The molecule has 0 unspecified atom stereocenters. The summed E-state index contributed by atoms with van der Waals surface area (Å²) in [6.07, 6.45) is 0. The molecule has 0 amide bonds. The number of nitro benzene ring substituents is 1. The fourth-order valence-electron chi connectivity index (χ4n) is 1.41. The van der Waals surface area contributed by atoms with E-state index in [0.29, 0.717) is 22.5 Å². The van der Waals surface area contributed by atoms with Crippen molar-refractivity contribution in [2.45, 2.75) is 6.92 Å². The van der Waals surface area contributed by atoms with Crippen molar-refractivity contribution in [1.29, 1.82) is 0 Å². The summed E-state index contributed by atoms with van der Waals surface area (Å²) in [6, 6.07) is 7.61. The number of anilines is 2. The van der Waals surface area contributed by atoms with Crippen molar-refractivity contribution in [3.8, 4) is 0 Å². The van der Waals surface area contributed by atoms with Crippen LogP contribution in [0.25, 0.3) is 0 Å². The number of aromatic nitrogens is 2. The maximum atomic E-state index is 10.5. The van der Waals surface area contributed by atoms with Gasteiger partial charge in [0.1, 0.15) is 16.8 Å². The minimum Gasteiger partial charge on any atom is -0.340 e. The molecule has 6 nitrogen and oxygen atoms in total. The van der Waals surface area contributed by atoms with Crippen LogP contribution in [0.4, 0.5) is 17.2 Å². The fourth-order valence-corrected chi connectivity index (χ4v) is 1.64. The normalized spacial score (nSPS) is 9.58. The zero-order valence-electron chi connectivity index (χ0n) is 9.83. The first-order valence-electron chi connectivity index (χ1n) is 5.07. The molecule has 1 aromatic carbocycles. The molecule has 0 saturated heterocycles. The van der Waals surface area contributed by atoms with Gasteiger partial charge >= 0.3 is 0 Å². The van der Waals surface area contributed by atoms with Crippen molar-refractivity contribution in [2.24, 2.45) is 0 Å². The van der Waals surface area contributed by atoms with Crippen LogP contribution in [0, 0.1) is 17.0 Å². The van der Waals surface area contributed by atoms with Gasteiger partial charge in [0.05, 0.1) is 4.92 Å². The van der Waals surface area contributed by atoms with E-state index in [1.54, 1.807) is 25.1 Å². The number of aryl methyl sites for hydroxylation is 1. The Hall–Kier alpha value is -1.92. The predicted molar refractivity (Wildman–Crippen MR) is 75.4 cm³/mol. The summed E-state index contributed by atoms with van der Waals surface area (Å²) in [5.41, 5.74) is 0.729. The highest BCUT2D eigenvalue weighted by molar-refractivity contribution is 6.29. The van der Waals surface area contributed by atoms with E-state index < -0.39 is 4.92 Å². The van der Waals surface area contributed by atoms with Gasteiger partial charge in [0, 0.05) is 23.9 Å². The Bertz CT molecular complexity index is 569. The quantitative estimate of drug-likeness (QED) is 0.533. The van der Waals surface area contributed by atoms with Crippen LogP contribution in [0.2, 0.25) is 5.15 Å². The Morgan fingerprint density at radius 1 is 1.26 bits per heavy atom. The van der Waals surface area contributed by atoms with Crippen LogP contribution in [0.3, 0.4) is 0 Å². The van der Waals surface area contributed by atoms with Crippen molar-refractivity contribution in [3.05, 3.63) is 51.4 Å². The summed E-state index contributed by atoms with van der Waals surface area (Å²) in [7, 11) is 0. The Morgan fingerprint density at radius 2 is 1.89 bits per heavy atom. The molecule has 8 heteroatoms. The van der Waals surface area contributed by atoms with Crippen molar-refractivity contribution >= 4 is 41.2 Å². The van der Waals surface area contributed by atoms with E-state index in [1.807, 2.05) is 0 Å². The van der Waals surface area contributed by atoms with Crippen LogP contribution in [-0.4, -0.2) is 14.9 Å². The summed E-state index contributed by atoms with van der Waals surface area (Å²) in [4.78, 5) is 18.1. The second-order valence-electron chi connectivity index (χ2n) is 3.55. The molecular weight excluding hydrogens is 291 g/mol. The first kappa shape index (κ1) is 15.1. The van der Waals surface area contributed by atoms with Gasteiger partial charge in [-0.2, -0.15) is 0 Å². The Morgan fingerprint density at radius 3 is 2.42 bits per heavy atom. The number of non-ortho nitro benzene ring substituents is 1. The number of nitrogens with zero attached hydrogens (tertiary/aromatic N) is 3. The van der Waals surface area contributed by atoms with Gasteiger partial charge in [-0.05, 0) is 19.1 Å². The summed E-state index contributed by atoms with van der Waals surface area (Å²) in [5, 5.41) is 13.8. The topological polar surface area (TPSA) is 81.0 Å². The average Bonchev–Trinajstić information content (AvgIpc) is 2.28. The monoisotopic (exact) mass is 300 g/mol. The molecule has 0 aliphatic rings. The lowest BCUT2D eigenvalue weighted by Crippen LogP contribution is -1.97. The zero-order valence-corrected chi connectivity index (χ0v) is 11.4. The first-order chi connectivity index (χ1) is 8.54. The van der Waals surface area contributed by atoms with Gasteiger partial charge in [-0.25, -0.2) is 9.97 Å². The second-order valence-corrected chi connectivity index (χ2v) is 3.94. The van der Waals surface area contributed by atoms with E-state index in [9.17, 15) is 10.1 Å². The van der Waals surface area contributed by atoms with E-state index in [2.05, 4.69) is 15.3 Å². The van der Waals surface area contributed by atoms with Crippen molar-refractivity contribution in [2.75, 3.05) is 5.32 Å². The van der Waals surface area contributed by atoms with Gasteiger partial charge in [-0.15, -0.1) is 12.4 Å². The standard InChI is InChI=1S/C11H9ClN4O2.ClH/c1-7-13-10(12)6-11(14-7)15-8-2-4-9(5-3-8)16(17)18;/h2-6H,1H3,(H,13,14,15);1H. The van der Waals surface area contributed by atoms with Gasteiger partial charge in [0.2, 0.25) is 0 Å². The molecule has 0 radical (unpaired) electrons. The van der Waals surface area contributed by atoms with E-state index in [0.717, 1.165) is 0 Å². The molecule has 0 aliphatic carbocycles. The number of halogens is 2. The number of nitrogens with one attached hydrogen (secondary N) is 1. The minimum atomic E-state index is -0.449. The Kier molecular flexibility index (Phi) is 5.02. The fraction of sp³-hybridized carbons (Fsp3) is 0.0909. The third kappa shape index (κ3) is 4.04. The van der Waals surface area contributed by atoms with E-state index in [1.165, 1.54) is 12.1 Å². The molecule has 2 rings (SSSR count). The number of hydrogen-bond acceptors (Lipinski definition) is 5. The predicted octanol–water partition coefficient (Wildman–Crippen LogP) is 3.51. The summed E-state index contributed by atoms with van der Waals surface area (Å²) >= 11 is 5.80. The summed E-state index contributed by atoms with van der Waals surface area (Å²) < 4.78 is 0. The molecule has 0 aliphatic heterocycles. The number of benzene rings is 1. The van der Waals surface area contributed by atoms with E-state index in [-0.39, 0.29) is 18.1 Å². The van der Waals surface area contributed by atoms with Gasteiger partial charge in [0.15, 0.2) is 0 Å². The minimum absolute atomic E-state index is 0. The zero-order chi connectivity index (χ0) is 13.1. The molecule has 1 aromatic heterocycles. The lowest BCUT2D eigenvalue weighted by Gasteiger charge is -2.06. The SMILES string of the molecule is Cc1nc(Cl)cc(Nc2ccc([N+](=O)[O-])cc2)n1.Cl. The molecule has 0 fully saturated rings. The maximum absolute atomic E-state index is 10.5. The van der Waals surface area contributed by atoms with E-state index in [4.69, 9.17) is 11.6 Å². The lowest BCUT2D eigenvalue weighted by molar-refractivity contribution is -0.384. The molecule has 19 heavy (non-hydrogen) atoms. The smallest absolute Gasteiger partial charge is 0.269 e. The molecule has 2 aromatic rings. The molecular formula is C11H10Cl2N4O2. The number of nitro groups is 1. The summed E-state index contributed by atoms with van der Waals surface area (Å²) in [5.74, 6) is 1.09. The van der Waals surface area contributed by atoms with Crippen LogP contribution in [0.5, 0.6) is 0 Å². The maximum Gasteiger partial charge on any atom is 0.269 e. The summed E-state index contributed by atoms with van der Waals surface area (Å²) in [6.45, 7) is 1.73. The number of rotatable bonds is 3. The van der Waals surface area contributed by atoms with Crippen LogP contribution in [0.15, 0.2) is 30.3 Å². The van der Waals surface area contributed by atoms with Crippen molar-refractivity contribution < 1.29 is 4.92 Å². The Labute approximate surface area is 120 Å². The first-order valence-corrected chi connectivity index (χ1v) is 5.45. The van der Waals surface area contributed by atoms with E-state index >= 15 is 0 Å². The lowest BCUT2D eigenvalue weighted by atomic mass is 10.3. The van der Waals surface area contributed by atoms with Gasteiger partial charge in [0.25, 0.3) is 5.69 Å². The molecule has 0 atom stereocenters. The molecule has 0 bridgehead atoms. The third-order valence-electron chi connectivity index (χ3n) is 2.16. The Balaban J connectivity index is 0.00000180. The third-order valence-corrected chi connectivity index (χ3v) is 2.35. The number of hydrogen-bond donors (Lipinski definition) is 1. The molecule has 100 valence electrons. The van der Waals surface area contributed by atoms with Gasteiger partial charge in [-0.1, -0.05) is 11.6 Å². The highest BCUT2D eigenvalue weighted by Crippen LogP contribution is 2.20. The molecule has 1 N–H and O–H groups in total. The van der Waals surface area contributed by atoms with Gasteiger partial charge < -0.3 is 5.32 Å². The second kappa shape index (κ2) is 6.31. The van der Waals surface area contributed by atoms with Crippen LogP contribution in [-0.2, 0) is 0 Å². The van der Waals surface area contributed by atoms with Crippen LogP contribution in [0.1, 0.15) is 5.82 Å². The largest absolute Gasteiger partial charge is 0.340 e. The highest BCUT2D eigenvalue weighted by atomic mass is 35.5. The highest BCUT2D eigenvalue weighted by Gasteiger charge is 2.05. The average molecular weight is 301 g/mol. The van der Waals surface area contributed by atoms with Gasteiger partial charge in [-0.3, -0.25) is 10.1 Å². The molecule has 0 spiro atoms. The molecule has 1 heterocycles. The van der Waals surface area contributed by atoms with Crippen LogP contribution >= 0.6 is 24.0 Å². The van der Waals surface area contributed by atoms with Crippen LogP contribution < -0.4 is 5.32 Å². The molecule has 0 saturated carbocycles. The van der Waals surface area contributed by atoms with Crippen molar-refractivity contribution in [3.63, 3.8) is 0 Å².